The Labute approximate surface area is 98.1 Å². The Morgan fingerprint density at radius 1 is 1.35 bits per heavy atom. The molecule has 0 fully saturated rings. The van der Waals surface area contributed by atoms with E-state index in [1.807, 2.05) is 13.0 Å². The van der Waals surface area contributed by atoms with E-state index in [4.69, 9.17) is 5.84 Å². The maximum absolute atomic E-state index is 11.5. The second-order valence-electron chi connectivity index (χ2n) is 3.74. The smallest absolute Gasteiger partial charge is 0.308 e. The predicted octanol–water partition coefficient (Wildman–Crippen LogP) is 0.281. The Morgan fingerprint density at radius 3 is 2.82 bits per heavy atom. The summed E-state index contributed by atoms with van der Waals surface area (Å²) >= 11 is 0. The van der Waals surface area contributed by atoms with Crippen LogP contribution in [0.4, 0.5) is 5.82 Å². The van der Waals surface area contributed by atoms with Crippen molar-refractivity contribution < 1.29 is 0 Å². The van der Waals surface area contributed by atoms with Crippen LogP contribution < -0.4 is 17.0 Å². The molecule has 0 saturated heterocycles. The van der Waals surface area contributed by atoms with Crippen molar-refractivity contribution in [2.45, 2.75) is 13.5 Å². The monoisotopic (exact) mass is 231 g/mol. The summed E-state index contributed by atoms with van der Waals surface area (Å²) in [6, 6.07) is 3.61. The van der Waals surface area contributed by atoms with Gasteiger partial charge >= 0.3 is 5.69 Å². The maximum Gasteiger partial charge on any atom is 0.347 e. The first-order valence-electron chi connectivity index (χ1n) is 5.13. The molecule has 6 heteroatoms. The van der Waals surface area contributed by atoms with Gasteiger partial charge in [-0.15, -0.1) is 0 Å². The lowest BCUT2D eigenvalue weighted by Crippen LogP contribution is -2.23. The van der Waals surface area contributed by atoms with E-state index in [1.54, 1.807) is 29.2 Å². The number of aromatic nitrogens is 3. The van der Waals surface area contributed by atoms with E-state index in [0.717, 1.165) is 11.1 Å². The third kappa shape index (κ3) is 2.67. The number of anilines is 1. The molecule has 0 aromatic carbocycles. The Kier molecular flexibility index (Phi) is 3.15. The summed E-state index contributed by atoms with van der Waals surface area (Å²) in [6.07, 6.45) is 4.99. The van der Waals surface area contributed by atoms with E-state index < -0.39 is 0 Å². The largest absolute Gasteiger partial charge is 0.347 e. The Bertz CT molecular complexity index is 561. The highest BCUT2D eigenvalue weighted by molar-refractivity contribution is 5.33. The molecule has 0 aliphatic carbocycles. The van der Waals surface area contributed by atoms with Crippen LogP contribution >= 0.6 is 0 Å². The molecule has 0 bridgehead atoms. The molecule has 0 radical (unpaired) electrons. The molecule has 0 spiro atoms. The second-order valence-corrected chi connectivity index (χ2v) is 3.74. The fraction of sp³-hybridized carbons (Fsp3) is 0.182. The number of nitrogens with two attached hydrogens (primary N) is 1. The zero-order chi connectivity index (χ0) is 12.3. The summed E-state index contributed by atoms with van der Waals surface area (Å²) in [5.74, 6) is 5.81. The van der Waals surface area contributed by atoms with Gasteiger partial charge in [-0.25, -0.2) is 20.6 Å². The summed E-state index contributed by atoms with van der Waals surface area (Å²) in [7, 11) is 0. The van der Waals surface area contributed by atoms with E-state index in [9.17, 15) is 4.79 Å². The molecule has 0 amide bonds. The highest BCUT2D eigenvalue weighted by Crippen LogP contribution is 2.04. The number of pyridine rings is 1. The molecular formula is C11H13N5O. The molecule has 0 atom stereocenters. The lowest BCUT2D eigenvalue weighted by Gasteiger charge is -2.06. The molecule has 0 aliphatic rings. The van der Waals surface area contributed by atoms with Crippen molar-refractivity contribution in [2.24, 2.45) is 5.84 Å². The molecule has 0 unspecified atom stereocenters. The number of nitrogens with zero attached hydrogens (tertiary/aromatic N) is 3. The Hall–Kier alpha value is -2.21. The average Bonchev–Trinajstić information content (AvgIpc) is 2.35. The van der Waals surface area contributed by atoms with E-state index in [-0.39, 0.29) is 5.69 Å². The van der Waals surface area contributed by atoms with Gasteiger partial charge in [0.2, 0.25) is 0 Å². The van der Waals surface area contributed by atoms with E-state index in [1.165, 1.54) is 0 Å². The van der Waals surface area contributed by atoms with Gasteiger partial charge in [-0.05, 0) is 24.1 Å². The van der Waals surface area contributed by atoms with Gasteiger partial charge in [-0.3, -0.25) is 4.57 Å². The number of hydrazine groups is 1. The second kappa shape index (κ2) is 4.75. The average molecular weight is 231 g/mol. The van der Waals surface area contributed by atoms with Crippen molar-refractivity contribution in [3.8, 4) is 0 Å². The van der Waals surface area contributed by atoms with Crippen LogP contribution in [0, 0.1) is 6.92 Å². The van der Waals surface area contributed by atoms with Crippen molar-refractivity contribution in [3.63, 3.8) is 0 Å². The molecule has 2 aromatic heterocycles. The van der Waals surface area contributed by atoms with Crippen LogP contribution in [0.1, 0.15) is 11.1 Å². The van der Waals surface area contributed by atoms with Crippen molar-refractivity contribution in [3.05, 3.63) is 52.3 Å². The predicted molar refractivity (Wildman–Crippen MR) is 64.4 cm³/mol. The van der Waals surface area contributed by atoms with E-state index in [0.29, 0.717) is 12.4 Å². The van der Waals surface area contributed by atoms with Crippen molar-refractivity contribution in [1.29, 1.82) is 0 Å². The summed E-state index contributed by atoms with van der Waals surface area (Å²) in [4.78, 5) is 19.3. The number of aryl methyl sites for hydroxylation is 1. The Morgan fingerprint density at radius 2 is 2.18 bits per heavy atom. The molecule has 2 heterocycles. The molecule has 2 aromatic rings. The van der Waals surface area contributed by atoms with Gasteiger partial charge in [0.15, 0.2) is 0 Å². The lowest BCUT2D eigenvalue weighted by molar-refractivity contribution is 0.719. The first kappa shape index (κ1) is 11.3. The van der Waals surface area contributed by atoms with Crippen molar-refractivity contribution in [1.82, 2.24) is 14.5 Å². The molecule has 6 nitrogen and oxygen atoms in total. The number of nitrogens with one attached hydrogen (secondary N) is 1. The van der Waals surface area contributed by atoms with Crippen molar-refractivity contribution >= 4 is 5.82 Å². The highest BCUT2D eigenvalue weighted by Gasteiger charge is 2.00. The van der Waals surface area contributed by atoms with Gasteiger partial charge in [0, 0.05) is 18.6 Å². The Balaban J connectivity index is 2.25. The fourth-order valence-electron chi connectivity index (χ4n) is 1.48. The summed E-state index contributed by atoms with van der Waals surface area (Å²) in [5.41, 5.74) is 4.04. The minimum absolute atomic E-state index is 0.267. The summed E-state index contributed by atoms with van der Waals surface area (Å²) in [5, 5.41) is 0. The van der Waals surface area contributed by atoms with Crippen LogP contribution in [0.15, 0.2) is 35.5 Å². The molecule has 0 aliphatic heterocycles. The van der Waals surface area contributed by atoms with Crippen molar-refractivity contribution in [2.75, 3.05) is 5.43 Å². The standard InChI is InChI=1S/C11H13N5O/c1-8-4-14-11(17)16(6-8)7-9-2-3-10(15-12)13-5-9/h2-6H,7,12H2,1H3,(H,13,15). The molecule has 88 valence electrons. The molecular weight excluding hydrogens is 218 g/mol. The van der Waals surface area contributed by atoms with E-state index >= 15 is 0 Å². The van der Waals surface area contributed by atoms with E-state index in [2.05, 4.69) is 15.4 Å². The quantitative estimate of drug-likeness (QED) is 0.585. The zero-order valence-electron chi connectivity index (χ0n) is 9.42. The van der Waals surface area contributed by atoms with Crippen LogP contribution in [-0.4, -0.2) is 14.5 Å². The van der Waals surface area contributed by atoms with Crippen LogP contribution in [0.5, 0.6) is 0 Å². The van der Waals surface area contributed by atoms with Crippen LogP contribution in [-0.2, 0) is 6.54 Å². The normalized spacial score (nSPS) is 10.2. The molecule has 0 saturated carbocycles. The van der Waals surface area contributed by atoms with Gasteiger partial charge in [-0.1, -0.05) is 6.07 Å². The van der Waals surface area contributed by atoms with Gasteiger partial charge in [0.05, 0.1) is 6.54 Å². The number of nitrogen functional groups attached to an aromatic ring is 1. The van der Waals surface area contributed by atoms with Gasteiger partial charge in [0.1, 0.15) is 5.82 Å². The number of hydrogen-bond acceptors (Lipinski definition) is 5. The first-order chi connectivity index (χ1) is 8.19. The lowest BCUT2D eigenvalue weighted by atomic mass is 10.2. The third-order valence-electron chi connectivity index (χ3n) is 2.31. The molecule has 17 heavy (non-hydrogen) atoms. The zero-order valence-corrected chi connectivity index (χ0v) is 9.42. The summed E-state index contributed by atoms with van der Waals surface area (Å²) in [6.45, 7) is 2.34. The SMILES string of the molecule is Cc1cnc(=O)n(Cc2ccc(NN)nc2)c1. The number of hydrogen-bond donors (Lipinski definition) is 2. The minimum atomic E-state index is -0.267. The molecule has 3 N–H and O–H groups in total. The maximum atomic E-state index is 11.5. The summed E-state index contributed by atoms with van der Waals surface area (Å²) < 4.78 is 1.54. The minimum Gasteiger partial charge on any atom is -0.308 e. The van der Waals surface area contributed by atoms with Gasteiger partial charge in [0.25, 0.3) is 0 Å². The molecule has 2 rings (SSSR count). The van der Waals surface area contributed by atoms with Crippen LogP contribution in [0.3, 0.4) is 0 Å². The topological polar surface area (TPSA) is 85.8 Å². The van der Waals surface area contributed by atoms with Crippen LogP contribution in [0.25, 0.3) is 0 Å². The van der Waals surface area contributed by atoms with Gasteiger partial charge < -0.3 is 5.43 Å². The first-order valence-corrected chi connectivity index (χ1v) is 5.13. The van der Waals surface area contributed by atoms with Crippen LogP contribution in [0.2, 0.25) is 0 Å². The van der Waals surface area contributed by atoms with Gasteiger partial charge in [-0.2, -0.15) is 0 Å². The third-order valence-corrected chi connectivity index (χ3v) is 2.31. The fourth-order valence-corrected chi connectivity index (χ4v) is 1.48. The highest BCUT2D eigenvalue weighted by atomic mass is 16.1. The number of rotatable bonds is 3.